The van der Waals surface area contributed by atoms with Crippen molar-refractivity contribution in [3.8, 4) is 11.3 Å². The first-order valence-electron chi connectivity index (χ1n) is 5.97. The van der Waals surface area contributed by atoms with Crippen molar-refractivity contribution < 1.29 is 17.6 Å². The number of pyridine rings is 1. The third-order valence-corrected chi connectivity index (χ3v) is 3.10. The molecular weight excluding hydrogens is 286 g/mol. The molecule has 3 rings (SSSR count). The Morgan fingerprint density at radius 3 is 2.29 bits per heavy atom. The molecule has 0 aliphatic carbocycles. The van der Waals surface area contributed by atoms with Crippen molar-refractivity contribution in [1.82, 2.24) is 9.38 Å². The van der Waals surface area contributed by atoms with Crippen LogP contribution < -0.4 is 5.73 Å². The molecule has 3 aromatic rings. The molecule has 0 spiro atoms. The zero-order chi connectivity index (χ0) is 15.2. The first-order valence-corrected chi connectivity index (χ1v) is 5.97. The summed E-state index contributed by atoms with van der Waals surface area (Å²) in [4.78, 5) is 4.18. The minimum absolute atomic E-state index is 0.0720. The lowest BCUT2D eigenvalue weighted by Gasteiger charge is -2.07. The largest absolute Gasteiger partial charge is 0.417 e. The van der Waals surface area contributed by atoms with Crippen molar-refractivity contribution in [2.45, 2.75) is 6.18 Å². The number of fused-ring (bicyclic) bond motifs is 1. The molecule has 21 heavy (non-hydrogen) atoms. The lowest BCUT2D eigenvalue weighted by molar-refractivity contribution is -0.137. The van der Waals surface area contributed by atoms with E-state index in [4.69, 9.17) is 5.73 Å². The van der Waals surface area contributed by atoms with E-state index in [0.29, 0.717) is 16.9 Å². The number of aromatic nitrogens is 2. The number of hydrogen-bond donors (Lipinski definition) is 1. The normalized spacial score (nSPS) is 12.0. The average molecular weight is 295 g/mol. The predicted octanol–water partition coefficient (Wildman–Crippen LogP) is 3.74. The van der Waals surface area contributed by atoms with Gasteiger partial charge in [0.15, 0.2) is 0 Å². The number of anilines is 1. The molecule has 0 atom stereocenters. The van der Waals surface area contributed by atoms with Crippen LogP contribution in [0.3, 0.4) is 0 Å². The molecule has 0 aliphatic heterocycles. The van der Waals surface area contributed by atoms with Crippen molar-refractivity contribution >= 4 is 11.5 Å². The molecule has 0 amide bonds. The number of benzene rings is 1. The second-order valence-corrected chi connectivity index (χ2v) is 4.50. The van der Waals surface area contributed by atoms with E-state index in [0.717, 1.165) is 12.3 Å². The number of alkyl halides is 3. The monoisotopic (exact) mass is 295 g/mol. The topological polar surface area (TPSA) is 43.3 Å². The van der Waals surface area contributed by atoms with Crippen LogP contribution in [0.1, 0.15) is 5.56 Å². The zero-order valence-electron chi connectivity index (χ0n) is 10.5. The van der Waals surface area contributed by atoms with Gasteiger partial charge >= 0.3 is 6.18 Å². The van der Waals surface area contributed by atoms with Crippen LogP contribution in [0.15, 0.2) is 42.6 Å². The molecule has 2 N–H and O–H groups in total. The molecule has 0 radical (unpaired) electrons. The van der Waals surface area contributed by atoms with Crippen LogP contribution in [-0.4, -0.2) is 9.38 Å². The highest BCUT2D eigenvalue weighted by atomic mass is 19.4. The summed E-state index contributed by atoms with van der Waals surface area (Å²) < 4.78 is 52.2. The Morgan fingerprint density at radius 2 is 1.67 bits per heavy atom. The summed E-state index contributed by atoms with van der Waals surface area (Å²) in [6, 6.07) is 7.60. The third-order valence-electron chi connectivity index (χ3n) is 3.10. The smallest absolute Gasteiger partial charge is 0.383 e. The molecule has 2 heterocycles. The number of imidazole rings is 1. The summed E-state index contributed by atoms with van der Waals surface area (Å²) in [5.74, 6) is -0.344. The van der Waals surface area contributed by atoms with Gasteiger partial charge in [-0.1, -0.05) is 0 Å². The van der Waals surface area contributed by atoms with E-state index in [1.54, 1.807) is 0 Å². The van der Waals surface area contributed by atoms with E-state index in [9.17, 15) is 17.6 Å². The second kappa shape index (κ2) is 4.47. The van der Waals surface area contributed by atoms with E-state index in [2.05, 4.69) is 4.98 Å². The van der Waals surface area contributed by atoms with Gasteiger partial charge in [0, 0.05) is 11.8 Å². The van der Waals surface area contributed by atoms with Gasteiger partial charge in [0.1, 0.15) is 23.0 Å². The highest BCUT2D eigenvalue weighted by molar-refractivity contribution is 5.74. The number of rotatable bonds is 1. The van der Waals surface area contributed by atoms with Crippen molar-refractivity contribution in [3.63, 3.8) is 0 Å². The summed E-state index contributed by atoms with van der Waals surface area (Å²) in [7, 11) is 0. The van der Waals surface area contributed by atoms with Gasteiger partial charge < -0.3 is 5.73 Å². The Morgan fingerprint density at radius 1 is 1.00 bits per heavy atom. The Balaban J connectivity index is 2.18. The van der Waals surface area contributed by atoms with Gasteiger partial charge in [-0.3, -0.25) is 4.40 Å². The molecular formula is C14H9F4N3. The van der Waals surface area contributed by atoms with Gasteiger partial charge in [-0.15, -0.1) is 0 Å². The number of hydrogen-bond acceptors (Lipinski definition) is 2. The van der Waals surface area contributed by atoms with Gasteiger partial charge in [-0.2, -0.15) is 13.2 Å². The number of nitrogens with two attached hydrogens (primary N) is 1. The van der Waals surface area contributed by atoms with Crippen molar-refractivity contribution in [2.24, 2.45) is 0 Å². The molecule has 0 saturated carbocycles. The quantitative estimate of drug-likeness (QED) is 0.695. The predicted molar refractivity (Wildman–Crippen MR) is 70.0 cm³/mol. The van der Waals surface area contributed by atoms with E-state index in [1.807, 2.05) is 0 Å². The standard InChI is InChI=1S/C14H9F4N3/c15-10-4-1-8(2-5-10)12-13(19)21-7-9(14(16,17)18)3-6-11(21)20-12/h1-7H,19H2. The average Bonchev–Trinajstić information content (AvgIpc) is 2.76. The fourth-order valence-corrected chi connectivity index (χ4v) is 2.05. The van der Waals surface area contributed by atoms with Gasteiger partial charge in [-0.05, 0) is 36.4 Å². The molecule has 3 nitrogen and oxygen atoms in total. The van der Waals surface area contributed by atoms with Gasteiger partial charge in [0.25, 0.3) is 0 Å². The van der Waals surface area contributed by atoms with Crippen LogP contribution in [0.4, 0.5) is 23.4 Å². The van der Waals surface area contributed by atoms with Crippen LogP contribution in [0, 0.1) is 5.82 Å². The van der Waals surface area contributed by atoms with Crippen LogP contribution in [0.5, 0.6) is 0 Å². The molecule has 0 fully saturated rings. The first-order chi connectivity index (χ1) is 9.86. The summed E-state index contributed by atoms with van der Waals surface area (Å²) in [5.41, 5.74) is 6.18. The van der Waals surface area contributed by atoms with Crippen LogP contribution in [-0.2, 0) is 6.18 Å². The number of halogens is 4. The van der Waals surface area contributed by atoms with Crippen molar-refractivity contribution in [1.29, 1.82) is 0 Å². The van der Waals surface area contributed by atoms with Crippen molar-refractivity contribution in [3.05, 3.63) is 54.0 Å². The Kier molecular flexibility index (Phi) is 2.86. The highest BCUT2D eigenvalue weighted by Crippen LogP contribution is 2.32. The summed E-state index contributed by atoms with van der Waals surface area (Å²) in [6.07, 6.45) is -3.56. The molecule has 0 saturated heterocycles. The number of nitrogens with zero attached hydrogens (tertiary/aromatic N) is 2. The summed E-state index contributed by atoms with van der Waals surface area (Å²) >= 11 is 0. The molecule has 1 aromatic carbocycles. The lowest BCUT2D eigenvalue weighted by atomic mass is 10.1. The Hall–Kier alpha value is -2.57. The highest BCUT2D eigenvalue weighted by Gasteiger charge is 2.31. The van der Waals surface area contributed by atoms with E-state index in [-0.39, 0.29) is 5.82 Å². The minimum Gasteiger partial charge on any atom is -0.383 e. The van der Waals surface area contributed by atoms with Crippen molar-refractivity contribution in [2.75, 3.05) is 5.73 Å². The molecule has 0 aliphatic rings. The van der Waals surface area contributed by atoms with Crippen LogP contribution in [0.25, 0.3) is 16.9 Å². The first kappa shape index (κ1) is 13.4. The summed E-state index contributed by atoms with van der Waals surface area (Å²) in [5, 5.41) is 0. The SMILES string of the molecule is Nc1c(-c2ccc(F)cc2)nc2ccc(C(F)(F)F)cn12. The maximum atomic E-state index is 12.9. The zero-order valence-corrected chi connectivity index (χ0v) is 10.5. The van der Waals surface area contributed by atoms with Gasteiger partial charge in [-0.25, -0.2) is 9.37 Å². The minimum atomic E-state index is -4.46. The Bertz CT molecular complexity index is 803. The fraction of sp³-hybridized carbons (Fsp3) is 0.0714. The molecule has 7 heteroatoms. The maximum absolute atomic E-state index is 12.9. The lowest BCUT2D eigenvalue weighted by Crippen LogP contribution is -2.06. The van der Waals surface area contributed by atoms with E-state index >= 15 is 0 Å². The maximum Gasteiger partial charge on any atom is 0.417 e. The van der Waals surface area contributed by atoms with Gasteiger partial charge in [0.05, 0.1) is 5.56 Å². The number of nitrogen functional groups attached to an aromatic ring is 1. The van der Waals surface area contributed by atoms with E-state index in [1.165, 1.54) is 34.7 Å². The Labute approximate surface area is 116 Å². The van der Waals surface area contributed by atoms with Gasteiger partial charge in [0.2, 0.25) is 0 Å². The second-order valence-electron chi connectivity index (χ2n) is 4.50. The van der Waals surface area contributed by atoms with E-state index < -0.39 is 17.6 Å². The third kappa shape index (κ3) is 2.31. The fourth-order valence-electron chi connectivity index (χ4n) is 2.05. The van der Waals surface area contributed by atoms with Crippen LogP contribution >= 0.6 is 0 Å². The molecule has 0 bridgehead atoms. The summed E-state index contributed by atoms with van der Waals surface area (Å²) in [6.45, 7) is 0. The molecule has 2 aromatic heterocycles. The molecule has 0 unspecified atom stereocenters. The molecule has 108 valence electrons. The van der Waals surface area contributed by atoms with Crippen LogP contribution in [0.2, 0.25) is 0 Å².